The van der Waals surface area contributed by atoms with Crippen molar-refractivity contribution in [3.05, 3.63) is 53.6 Å². The zero-order valence-electron chi connectivity index (χ0n) is 15.7. The first-order valence-electron chi connectivity index (χ1n) is 8.43. The molecule has 7 heteroatoms. The number of hydrogen-bond donors (Lipinski definition) is 1. The van der Waals surface area contributed by atoms with Gasteiger partial charge < -0.3 is 19.5 Å². The molecule has 7 nitrogen and oxygen atoms in total. The van der Waals surface area contributed by atoms with Crippen LogP contribution in [0.3, 0.4) is 0 Å². The van der Waals surface area contributed by atoms with Gasteiger partial charge in [0.2, 0.25) is 0 Å². The molecular weight excluding hydrogens is 348 g/mol. The van der Waals surface area contributed by atoms with Crippen LogP contribution < -0.4 is 19.5 Å². The van der Waals surface area contributed by atoms with E-state index in [9.17, 15) is 9.59 Å². The van der Waals surface area contributed by atoms with Crippen molar-refractivity contribution in [2.24, 2.45) is 0 Å². The zero-order valence-corrected chi connectivity index (χ0v) is 15.7. The standard InChI is InChI=1S/C20H22N2O5/c1-20(14-9-10-16(26-3)17(11-14)27-4)18(23)22(19(24)21-20)12-13-7-5-6-8-15(13)25-2/h5-11H,12H2,1-4H3,(H,21,24)/t20-/m0/s1. The molecule has 3 amide bonds. The summed E-state index contributed by atoms with van der Waals surface area (Å²) in [6, 6.07) is 12.0. The zero-order chi connectivity index (χ0) is 19.6. The van der Waals surface area contributed by atoms with Crippen LogP contribution in [0, 0.1) is 0 Å². The molecule has 0 saturated carbocycles. The molecule has 0 bridgehead atoms. The molecule has 1 aliphatic rings. The number of nitrogens with one attached hydrogen (secondary N) is 1. The third-order valence-electron chi connectivity index (χ3n) is 4.76. The molecule has 1 heterocycles. The van der Waals surface area contributed by atoms with Gasteiger partial charge in [0.05, 0.1) is 27.9 Å². The summed E-state index contributed by atoms with van der Waals surface area (Å²) in [6.07, 6.45) is 0. The Morgan fingerprint density at radius 1 is 0.926 bits per heavy atom. The molecule has 2 aromatic rings. The fourth-order valence-electron chi connectivity index (χ4n) is 3.19. The lowest BCUT2D eigenvalue weighted by atomic mass is 9.91. The number of para-hydroxylation sites is 1. The van der Waals surface area contributed by atoms with E-state index < -0.39 is 11.6 Å². The van der Waals surface area contributed by atoms with Crippen LogP contribution in [-0.4, -0.2) is 38.2 Å². The first-order chi connectivity index (χ1) is 12.9. The van der Waals surface area contributed by atoms with Crippen molar-refractivity contribution in [1.82, 2.24) is 10.2 Å². The number of methoxy groups -OCH3 is 3. The monoisotopic (exact) mass is 370 g/mol. The molecule has 0 radical (unpaired) electrons. The van der Waals surface area contributed by atoms with E-state index in [0.29, 0.717) is 22.8 Å². The second-order valence-electron chi connectivity index (χ2n) is 6.33. The van der Waals surface area contributed by atoms with Crippen LogP contribution in [-0.2, 0) is 16.9 Å². The summed E-state index contributed by atoms with van der Waals surface area (Å²) in [4.78, 5) is 26.9. The Bertz CT molecular complexity index is 882. The van der Waals surface area contributed by atoms with Gasteiger partial charge in [-0.15, -0.1) is 0 Å². The van der Waals surface area contributed by atoms with E-state index in [1.165, 1.54) is 19.1 Å². The van der Waals surface area contributed by atoms with Crippen LogP contribution in [0.25, 0.3) is 0 Å². The van der Waals surface area contributed by atoms with E-state index in [2.05, 4.69) is 5.32 Å². The number of hydrogen-bond acceptors (Lipinski definition) is 5. The lowest BCUT2D eigenvalue weighted by molar-refractivity contribution is -0.131. The quantitative estimate of drug-likeness (QED) is 0.791. The second-order valence-corrected chi connectivity index (χ2v) is 6.33. The molecule has 3 rings (SSSR count). The van der Waals surface area contributed by atoms with Gasteiger partial charge in [0, 0.05) is 5.56 Å². The number of rotatable bonds is 6. The first kappa shape index (κ1) is 18.6. The summed E-state index contributed by atoms with van der Waals surface area (Å²) in [5.41, 5.74) is 0.166. The number of amides is 3. The number of nitrogens with zero attached hydrogens (tertiary/aromatic N) is 1. The van der Waals surface area contributed by atoms with Gasteiger partial charge >= 0.3 is 6.03 Å². The van der Waals surface area contributed by atoms with Crippen molar-refractivity contribution in [1.29, 1.82) is 0 Å². The van der Waals surface area contributed by atoms with Gasteiger partial charge in [0.15, 0.2) is 11.5 Å². The maximum atomic E-state index is 13.1. The van der Waals surface area contributed by atoms with E-state index in [1.54, 1.807) is 38.3 Å². The van der Waals surface area contributed by atoms with E-state index in [4.69, 9.17) is 14.2 Å². The Labute approximate surface area is 157 Å². The fourth-order valence-corrected chi connectivity index (χ4v) is 3.19. The highest BCUT2D eigenvalue weighted by Gasteiger charge is 2.49. The Balaban J connectivity index is 1.93. The Morgan fingerprint density at radius 2 is 1.59 bits per heavy atom. The molecule has 1 aliphatic heterocycles. The van der Waals surface area contributed by atoms with Gasteiger partial charge in [-0.1, -0.05) is 24.3 Å². The minimum atomic E-state index is -1.20. The molecule has 0 aliphatic carbocycles. The average Bonchev–Trinajstić information content (AvgIpc) is 2.91. The Kier molecular flexibility index (Phi) is 4.94. The van der Waals surface area contributed by atoms with Crippen LogP contribution in [0.2, 0.25) is 0 Å². The van der Waals surface area contributed by atoms with Gasteiger partial charge in [0.25, 0.3) is 5.91 Å². The lowest BCUT2D eigenvalue weighted by Crippen LogP contribution is -2.40. The minimum Gasteiger partial charge on any atom is -0.496 e. The van der Waals surface area contributed by atoms with E-state index in [-0.39, 0.29) is 12.5 Å². The number of ether oxygens (including phenoxy) is 3. The van der Waals surface area contributed by atoms with Gasteiger partial charge in [-0.05, 0) is 30.7 Å². The predicted molar refractivity (Wildman–Crippen MR) is 99.0 cm³/mol. The van der Waals surface area contributed by atoms with Crippen molar-refractivity contribution in [2.45, 2.75) is 19.0 Å². The number of benzene rings is 2. The summed E-state index contributed by atoms with van der Waals surface area (Å²) in [5, 5.41) is 2.79. The SMILES string of the molecule is COc1ccccc1CN1C(=O)N[C@@](C)(c2ccc(OC)c(OC)c2)C1=O. The molecular formula is C20H22N2O5. The largest absolute Gasteiger partial charge is 0.496 e. The molecule has 1 fully saturated rings. The molecule has 0 unspecified atom stereocenters. The first-order valence-corrected chi connectivity index (χ1v) is 8.43. The van der Waals surface area contributed by atoms with Crippen LogP contribution in [0.4, 0.5) is 4.79 Å². The molecule has 27 heavy (non-hydrogen) atoms. The summed E-state index contributed by atoms with van der Waals surface area (Å²) in [7, 11) is 4.61. The summed E-state index contributed by atoms with van der Waals surface area (Å²) in [5.74, 6) is 1.32. The van der Waals surface area contributed by atoms with Gasteiger partial charge in [-0.2, -0.15) is 0 Å². The van der Waals surface area contributed by atoms with E-state index in [0.717, 1.165) is 5.56 Å². The lowest BCUT2D eigenvalue weighted by Gasteiger charge is -2.23. The smallest absolute Gasteiger partial charge is 0.325 e. The van der Waals surface area contributed by atoms with Crippen molar-refractivity contribution in [3.8, 4) is 17.2 Å². The highest BCUT2D eigenvalue weighted by atomic mass is 16.5. The highest BCUT2D eigenvalue weighted by molar-refractivity contribution is 6.07. The van der Waals surface area contributed by atoms with Crippen LogP contribution in [0.15, 0.2) is 42.5 Å². The van der Waals surface area contributed by atoms with Crippen LogP contribution in [0.1, 0.15) is 18.1 Å². The van der Waals surface area contributed by atoms with Crippen molar-refractivity contribution < 1.29 is 23.8 Å². The maximum Gasteiger partial charge on any atom is 0.325 e. The average molecular weight is 370 g/mol. The summed E-state index contributed by atoms with van der Waals surface area (Å²) in [6.45, 7) is 1.80. The van der Waals surface area contributed by atoms with E-state index >= 15 is 0 Å². The normalized spacial score (nSPS) is 19.0. The van der Waals surface area contributed by atoms with Crippen molar-refractivity contribution in [2.75, 3.05) is 21.3 Å². The highest BCUT2D eigenvalue weighted by Crippen LogP contribution is 2.36. The molecule has 0 spiro atoms. The molecule has 1 N–H and O–H groups in total. The third-order valence-corrected chi connectivity index (χ3v) is 4.76. The molecule has 2 aromatic carbocycles. The predicted octanol–water partition coefficient (Wildman–Crippen LogP) is 2.68. The van der Waals surface area contributed by atoms with Gasteiger partial charge in [-0.25, -0.2) is 4.79 Å². The summed E-state index contributed by atoms with van der Waals surface area (Å²) < 4.78 is 15.9. The Hall–Kier alpha value is -3.22. The molecule has 142 valence electrons. The molecule has 1 atom stereocenters. The Morgan fingerprint density at radius 3 is 2.26 bits per heavy atom. The number of carbonyl (C=O) groups is 2. The topological polar surface area (TPSA) is 77.1 Å². The van der Waals surface area contributed by atoms with Crippen LogP contribution in [0.5, 0.6) is 17.2 Å². The third kappa shape index (κ3) is 3.16. The molecule has 1 saturated heterocycles. The van der Waals surface area contributed by atoms with Crippen molar-refractivity contribution in [3.63, 3.8) is 0 Å². The second kappa shape index (κ2) is 7.19. The number of carbonyl (C=O) groups excluding carboxylic acids is 2. The van der Waals surface area contributed by atoms with E-state index in [1.807, 2.05) is 18.2 Å². The molecule has 0 aromatic heterocycles. The summed E-state index contributed by atoms with van der Waals surface area (Å²) >= 11 is 0. The van der Waals surface area contributed by atoms with Crippen LogP contribution >= 0.6 is 0 Å². The van der Waals surface area contributed by atoms with Gasteiger partial charge in [0.1, 0.15) is 11.3 Å². The number of imide groups is 1. The fraction of sp³-hybridized carbons (Fsp3) is 0.300. The maximum absolute atomic E-state index is 13.1. The van der Waals surface area contributed by atoms with Crippen molar-refractivity contribution >= 4 is 11.9 Å². The van der Waals surface area contributed by atoms with Gasteiger partial charge in [-0.3, -0.25) is 9.69 Å². The number of urea groups is 1. The minimum absolute atomic E-state index is 0.123.